The highest BCUT2D eigenvalue weighted by Gasteiger charge is 2.11. The van der Waals surface area contributed by atoms with Gasteiger partial charge in [-0.2, -0.15) is 0 Å². The number of aryl methyl sites for hydroxylation is 1. The molecular weight excluding hydrogens is 312 g/mol. The van der Waals surface area contributed by atoms with Crippen LogP contribution in [0.15, 0.2) is 48.5 Å². The zero-order valence-electron chi connectivity index (χ0n) is 14.5. The number of anilines is 1. The number of nitrogens with zero attached hydrogens (tertiary/aromatic N) is 1. The fraction of sp³-hybridized carbons (Fsp3) is 0.286. The van der Waals surface area contributed by atoms with Crippen molar-refractivity contribution in [3.05, 3.63) is 59.7 Å². The minimum absolute atomic E-state index is 0.532. The molecule has 1 heterocycles. The van der Waals surface area contributed by atoms with E-state index in [4.69, 9.17) is 5.21 Å². The highest BCUT2D eigenvalue weighted by atomic mass is 16.5. The summed E-state index contributed by atoms with van der Waals surface area (Å²) < 4.78 is 0. The Hall–Kier alpha value is -2.59. The molecule has 1 saturated heterocycles. The van der Waals surface area contributed by atoms with Gasteiger partial charge in [0.1, 0.15) is 0 Å². The van der Waals surface area contributed by atoms with Crippen LogP contribution in [0.3, 0.4) is 0 Å². The Morgan fingerprint density at radius 3 is 2.44 bits per heavy atom. The summed E-state index contributed by atoms with van der Waals surface area (Å²) in [6, 6.07) is 14.9. The van der Waals surface area contributed by atoms with E-state index in [0.29, 0.717) is 0 Å². The standard InChI is InChI=1S/C21H24N2O2/c1-16-15-17(6-12-21(24)22-25)5-11-20(16)18-7-9-19(10-8-18)23-13-3-2-4-14-23/h5-12,15,25H,2-4,13-14H2,1H3,(H,22,24)/b12-6+. The Kier molecular flexibility index (Phi) is 5.51. The fourth-order valence-electron chi connectivity index (χ4n) is 3.33. The van der Waals surface area contributed by atoms with Gasteiger partial charge in [0.05, 0.1) is 0 Å². The van der Waals surface area contributed by atoms with Crippen LogP contribution in [-0.2, 0) is 4.79 Å². The molecule has 0 atom stereocenters. The molecule has 0 saturated carbocycles. The van der Waals surface area contributed by atoms with Crippen LogP contribution in [0.4, 0.5) is 5.69 Å². The lowest BCUT2D eigenvalue weighted by atomic mass is 9.98. The maximum Gasteiger partial charge on any atom is 0.267 e. The summed E-state index contributed by atoms with van der Waals surface area (Å²) >= 11 is 0. The molecule has 0 bridgehead atoms. The van der Waals surface area contributed by atoms with Crippen LogP contribution in [0.5, 0.6) is 0 Å². The van der Waals surface area contributed by atoms with E-state index in [0.717, 1.165) is 24.2 Å². The van der Waals surface area contributed by atoms with Gasteiger partial charge < -0.3 is 4.90 Å². The van der Waals surface area contributed by atoms with Crippen molar-refractivity contribution in [2.75, 3.05) is 18.0 Å². The number of hydrogen-bond donors (Lipinski definition) is 2. The van der Waals surface area contributed by atoms with Crippen LogP contribution >= 0.6 is 0 Å². The summed E-state index contributed by atoms with van der Waals surface area (Å²) in [5, 5.41) is 8.52. The van der Waals surface area contributed by atoms with Crippen molar-refractivity contribution in [3.63, 3.8) is 0 Å². The molecule has 0 aromatic heterocycles. The maximum atomic E-state index is 11.1. The first-order chi connectivity index (χ1) is 12.2. The van der Waals surface area contributed by atoms with Crippen LogP contribution in [0, 0.1) is 6.92 Å². The zero-order valence-corrected chi connectivity index (χ0v) is 14.5. The third kappa shape index (κ3) is 4.28. The molecular formula is C21H24N2O2. The average Bonchev–Trinajstić information content (AvgIpc) is 2.67. The molecule has 2 N–H and O–H groups in total. The molecule has 1 aliphatic heterocycles. The number of piperidine rings is 1. The number of rotatable bonds is 4. The van der Waals surface area contributed by atoms with Crippen molar-refractivity contribution in [1.82, 2.24) is 5.48 Å². The van der Waals surface area contributed by atoms with E-state index in [1.807, 2.05) is 12.1 Å². The smallest absolute Gasteiger partial charge is 0.267 e. The number of nitrogens with one attached hydrogen (secondary N) is 1. The molecule has 4 nitrogen and oxygen atoms in total. The monoisotopic (exact) mass is 336 g/mol. The highest BCUT2D eigenvalue weighted by molar-refractivity contribution is 5.91. The number of carbonyl (C=O) groups is 1. The van der Waals surface area contributed by atoms with Crippen molar-refractivity contribution >= 4 is 17.7 Å². The normalized spacial score (nSPS) is 14.7. The predicted octanol–water partition coefficient (Wildman–Crippen LogP) is 4.17. The van der Waals surface area contributed by atoms with Gasteiger partial charge in [-0.05, 0) is 66.6 Å². The Labute approximate surface area is 148 Å². The third-order valence-electron chi connectivity index (χ3n) is 4.69. The summed E-state index contributed by atoms with van der Waals surface area (Å²) in [7, 11) is 0. The molecule has 130 valence electrons. The van der Waals surface area contributed by atoms with Crippen molar-refractivity contribution in [2.45, 2.75) is 26.2 Å². The minimum Gasteiger partial charge on any atom is -0.372 e. The van der Waals surface area contributed by atoms with Crippen LogP contribution in [-0.4, -0.2) is 24.2 Å². The van der Waals surface area contributed by atoms with Gasteiger partial charge in [-0.15, -0.1) is 0 Å². The lowest BCUT2D eigenvalue weighted by Crippen LogP contribution is -2.29. The van der Waals surface area contributed by atoms with Crippen molar-refractivity contribution < 1.29 is 10.0 Å². The Bertz CT molecular complexity index is 760. The number of carbonyl (C=O) groups excluding carboxylic acids is 1. The van der Waals surface area contributed by atoms with E-state index >= 15 is 0 Å². The molecule has 1 amide bonds. The first kappa shape index (κ1) is 17.2. The van der Waals surface area contributed by atoms with Crippen LogP contribution < -0.4 is 10.4 Å². The van der Waals surface area contributed by atoms with E-state index in [1.54, 1.807) is 11.6 Å². The lowest BCUT2D eigenvalue weighted by Gasteiger charge is -2.29. The zero-order chi connectivity index (χ0) is 17.6. The van der Waals surface area contributed by atoms with E-state index in [2.05, 4.69) is 42.2 Å². The first-order valence-electron chi connectivity index (χ1n) is 8.75. The molecule has 0 unspecified atom stereocenters. The number of hydroxylamine groups is 1. The second-order valence-electron chi connectivity index (χ2n) is 6.48. The van der Waals surface area contributed by atoms with Gasteiger partial charge in [0.15, 0.2) is 0 Å². The summed E-state index contributed by atoms with van der Waals surface area (Å²) in [6.07, 6.45) is 6.90. The highest BCUT2D eigenvalue weighted by Crippen LogP contribution is 2.28. The molecule has 1 aliphatic rings. The Balaban J connectivity index is 1.77. The topological polar surface area (TPSA) is 52.6 Å². The van der Waals surface area contributed by atoms with Gasteiger partial charge in [-0.3, -0.25) is 10.0 Å². The second kappa shape index (κ2) is 7.99. The largest absolute Gasteiger partial charge is 0.372 e. The molecule has 4 heteroatoms. The Morgan fingerprint density at radius 1 is 1.08 bits per heavy atom. The quantitative estimate of drug-likeness (QED) is 0.500. The number of benzene rings is 2. The van der Waals surface area contributed by atoms with Gasteiger partial charge in [0.25, 0.3) is 5.91 Å². The van der Waals surface area contributed by atoms with Gasteiger partial charge in [0.2, 0.25) is 0 Å². The summed E-state index contributed by atoms with van der Waals surface area (Å²) in [5.74, 6) is -0.532. The van der Waals surface area contributed by atoms with Gasteiger partial charge in [0, 0.05) is 24.9 Å². The van der Waals surface area contributed by atoms with Crippen LogP contribution in [0.25, 0.3) is 17.2 Å². The van der Waals surface area contributed by atoms with E-state index in [-0.39, 0.29) is 0 Å². The van der Waals surface area contributed by atoms with Crippen molar-refractivity contribution in [3.8, 4) is 11.1 Å². The average molecular weight is 336 g/mol. The molecule has 25 heavy (non-hydrogen) atoms. The molecule has 2 aromatic carbocycles. The second-order valence-corrected chi connectivity index (χ2v) is 6.48. The van der Waals surface area contributed by atoms with Crippen LogP contribution in [0.2, 0.25) is 0 Å². The molecule has 2 aromatic rings. The fourth-order valence-corrected chi connectivity index (χ4v) is 3.33. The SMILES string of the molecule is Cc1cc(/C=C/C(=O)NO)ccc1-c1ccc(N2CCCCC2)cc1. The number of amides is 1. The maximum absolute atomic E-state index is 11.1. The summed E-state index contributed by atoms with van der Waals surface area (Å²) in [4.78, 5) is 13.5. The number of hydrogen-bond acceptors (Lipinski definition) is 3. The van der Waals surface area contributed by atoms with E-state index in [9.17, 15) is 4.79 Å². The Morgan fingerprint density at radius 2 is 1.80 bits per heavy atom. The van der Waals surface area contributed by atoms with E-state index in [1.165, 1.54) is 42.2 Å². The summed E-state index contributed by atoms with van der Waals surface area (Å²) in [6.45, 7) is 4.37. The predicted molar refractivity (Wildman–Crippen MR) is 102 cm³/mol. The minimum atomic E-state index is -0.532. The third-order valence-corrected chi connectivity index (χ3v) is 4.69. The molecule has 3 rings (SSSR count). The molecule has 0 spiro atoms. The van der Waals surface area contributed by atoms with E-state index < -0.39 is 5.91 Å². The lowest BCUT2D eigenvalue weighted by molar-refractivity contribution is -0.124. The van der Waals surface area contributed by atoms with Gasteiger partial charge in [-0.1, -0.05) is 30.3 Å². The molecule has 1 fully saturated rings. The molecule has 0 radical (unpaired) electrons. The van der Waals surface area contributed by atoms with Crippen molar-refractivity contribution in [2.24, 2.45) is 0 Å². The summed E-state index contributed by atoms with van der Waals surface area (Å²) in [5.41, 5.74) is 7.35. The first-order valence-corrected chi connectivity index (χ1v) is 8.75. The van der Waals surface area contributed by atoms with Crippen molar-refractivity contribution in [1.29, 1.82) is 0 Å². The van der Waals surface area contributed by atoms with Gasteiger partial charge in [-0.25, -0.2) is 5.48 Å². The van der Waals surface area contributed by atoms with Gasteiger partial charge >= 0.3 is 0 Å². The van der Waals surface area contributed by atoms with Crippen LogP contribution in [0.1, 0.15) is 30.4 Å². The molecule has 0 aliphatic carbocycles.